The number of aliphatic hydroxyl groups excluding tert-OH is 1. The Balaban J connectivity index is 0.993. The molecule has 3 amide bonds. The van der Waals surface area contributed by atoms with Crippen molar-refractivity contribution in [2.24, 2.45) is 12.8 Å². The first-order valence-electron chi connectivity index (χ1n) is 24.0. The van der Waals surface area contributed by atoms with E-state index < -0.39 is 52.4 Å². The number of amides is 3. The van der Waals surface area contributed by atoms with E-state index in [2.05, 4.69) is 38.5 Å². The summed E-state index contributed by atoms with van der Waals surface area (Å²) >= 11 is 6.84. The number of primary amides is 1. The van der Waals surface area contributed by atoms with Crippen molar-refractivity contribution >= 4 is 29.3 Å². The number of halogens is 2. The van der Waals surface area contributed by atoms with Gasteiger partial charge in [0.25, 0.3) is 17.7 Å². The molecule has 2 atom stereocenters. The molecule has 71 heavy (non-hydrogen) atoms. The second kappa shape index (κ2) is 16.2. The molecule has 3 aromatic carbocycles. The molecule has 3 aromatic heterocycles. The molecule has 4 bridgehead atoms. The normalized spacial score (nSPS) is 24.3. The van der Waals surface area contributed by atoms with E-state index in [0.29, 0.717) is 58.3 Å². The fourth-order valence-electron chi connectivity index (χ4n) is 11.9. The number of nitrogens with one attached hydrogen (secondary N) is 1. The van der Waals surface area contributed by atoms with Crippen LogP contribution < -0.4 is 11.1 Å². The van der Waals surface area contributed by atoms with Crippen LogP contribution >= 0.6 is 11.6 Å². The van der Waals surface area contributed by atoms with Crippen molar-refractivity contribution in [2.45, 2.75) is 105 Å². The Morgan fingerprint density at radius 3 is 2.39 bits per heavy atom. The summed E-state index contributed by atoms with van der Waals surface area (Å²) in [4.78, 5) is 57.2. The van der Waals surface area contributed by atoms with Crippen LogP contribution in [0.4, 0.5) is 4.39 Å². The first kappa shape index (κ1) is 45.1. The van der Waals surface area contributed by atoms with Gasteiger partial charge in [-0.3, -0.25) is 14.4 Å². The van der Waals surface area contributed by atoms with E-state index in [-0.39, 0.29) is 66.1 Å². The van der Waals surface area contributed by atoms with Crippen LogP contribution in [0.5, 0.6) is 0 Å². The van der Waals surface area contributed by atoms with Crippen LogP contribution in [-0.4, -0.2) is 91.4 Å². The smallest absolute Gasteiger partial charge is 0.272 e. The molecular formula is C54H49ClFN9O6. The van der Waals surface area contributed by atoms with Gasteiger partial charge in [0, 0.05) is 67.3 Å². The quantitative estimate of drug-likeness (QED) is 0.124. The number of imidazole rings is 3. The van der Waals surface area contributed by atoms with Crippen molar-refractivity contribution < 1.29 is 34.1 Å². The minimum Gasteiger partial charge on any atom is -0.380 e. The number of nitrogens with two attached hydrogens (primary N) is 1. The molecular weight excluding hydrogens is 925 g/mol. The molecule has 8 heterocycles. The lowest BCUT2D eigenvalue weighted by atomic mass is 9.67. The molecule has 17 heteroatoms. The number of nitrogens with zero attached hydrogens (tertiary/aromatic N) is 7. The minimum atomic E-state index is -1.79. The maximum Gasteiger partial charge on any atom is 0.272 e. The van der Waals surface area contributed by atoms with E-state index in [9.17, 15) is 24.9 Å². The van der Waals surface area contributed by atoms with E-state index in [1.165, 1.54) is 23.5 Å². The van der Waals surface area contributed by atoms with E-state index >= 15 is 9.18 Å². The number of likely N-dealkylation sites (N-methyl/N-ethyl adjacent to an activating group) is 1. The Bertz CT molecular complexity index is 3430. The molecule has 0 radical (unpaired) electrons. The summed E-state index contributed by atoms with van der Waals surface area (Å²) in [5.74, 6) is 10.3. The van der Waals surface area contributed by atoms with Crippen LogP contribution in [0.25, 0.3) is 22.8 Å². The Hall–Kier alpha value is -7.08. The Labute approximate surface area is 412 Å². The van der Waals surface area contributed by atoms with Crippen molar-refractivity contribution in [1.29, 1.82) is 0 Å². The monoisotopic (exact) mass is 973 g/mol. The highest BCUT2D eigenvalue weighted by molar-refractivity contribution is 6.31. The molecule has 8 aliphatic rings. The maximum atomic E-state index is 16.7. The third-order valence-corrected chi connectivity index (χ3v) is 16.2. The number of aliphatic hydroxyl groups is 3. The van der Waals surface area contributed by atoms with Gasteiger partial charge in [0.1, 0.15) is 34.9 Å². The zero-order chi connectivity index (χ0) is 49.3. The second-order valence-electron chi connectivity index (χ2n) is 20.3. The number of aryl methyl sites for hydroxylation is 1. The molecule has 3 aliphatic carbocycles. The number of hydrogen-bond donors (Lipinski definition) is 5. The highest BCUT2D eigenvalue weighted by atomic mass is 35.5. The number of aromatic nitrogens is 6. The SMILES string of the molecule is CN1CCC(O)(C#Cc2ccc3c(c2)-c2nc(C(=O)NC45CC(C4)n4c(nc(C(N)=O)c4C(O)c4cncn4C)-c4cc(C#CC6(O)CCCC6)c(F)cc45)c(Cc4ccccc4Cl)n2C2CC3C2)C1=O. The zero-order valence-electron chi connectivity index (χ0n) is 39.0. The van der Waals surface area contributed by atoms with Crippen molar-refractivity contribution in [2.75, 3.05) is 13.6 Å². The van der Waals surface area contributed by atoms with Crippen molar-refractivity contribution in [3.8, 4) is 46.5 Å². The molecule has 0 spiro atoms. The molecule has 15 nitrogen and oxygen atoms in total. The number of rotatable bonds is 7. The summed E-state index contributed by atoms with van der Waals surface area (Å²) in [7, 11) is 3.36. The highest BCUT2D eigenvalue weighted by Gasteiger charge is 2.55. The molecule has 14 rings (SSSR count). The molecule has 4 fully saturated rings. The standard InChI is InChI=1S/C54H49ClFN9O6/c1-62-18-17-54(71,51(62)69)16-11-29-9-10-35-32-20-33(21-32)64-41(23-30-7-3-4-8-39(30)55)43(59-48(64)36(35)19-29)50(68)61-53-25-34(26-53)65-45(46(66)42-27-58-28-63(42)2)44(47(57)67)60-49(65)37-22-31(40(56)24-38(37)53)12-15-52(70)13-5-6-14-52/h3-4,7-10,19,22,24,27-28,32-34,46,66,70-71H,5-6,13-14,17-18,20-21,23,25-26H2,1-2H3,(H2,57,67)(H,61,68). The average Bonchev–Trinajstić information content (AvgIpc) is 4.13. The summed E-state index contributed by atoms with van der Waals surface area (Å²) in [6.45, 7) is 0.397. The van der Waals surface area contributed by atoms with E-state index in [0.717, 1.165) is 42.4 Å². The van der Waals surface area contributed by atoms with E-state index in [1.54, 1.807) is 35.4 Å². The predicted molar refractivity (Wildman–Crippen MR) is 258 cm³/mol. The van der Waals surface area contributed by atoms with Gasteiger partial charge in [0.15, 0.2) is 5.69 Å². The second-order valence-corrected chi connectivity index (χ2v) is 20.7. The van der Waals surface area contributed by atoms with Crippen LogP contribution in [0.3, 0.4) is 0 Å². The largest absolute Gasteiger partial charge is 0.380 e. The molecule has 360 valence electrons. The third-order valence-electron chi connectivity index (χ3n) is 15.9. The lowest BCUT2D eigenvalue weighted by Crippen LogP contribution is -2.54. The van der Waals surface area contributed by atoms with Gasteiger partial charge in [0.2, 0.25) is 5.60 Å². The molecule has 2 unspecified atom stereocenters. The maximum absolute atomic E-state index is 16.7. The van der Waals surface area contributed by atoms with Crippen molar-refractivity contribution in [3.05, 3.63) is 134 Å². The predicted octanol–water partition coefficient (Wildman–Crippen LogP) is 5.72. The van der Waals surface area contributed by atoms with Crippen molar-refractivity contribution in [3.63, 3.8) is 0 Å². The first-order valence-corrected chi connectivity index (χ1v) is 24.4. The number of benzene rings is 3. The molecule has 3 saturated carbocycles. The molecule has 6 N–H and O–H groups in total. The molecule has 6 aromatic rings. The minimum absolute atomic E-state index is 0.00806. The molecule has 1 saturated heterocycles. The number of hydrogen-bond acceptors (Lipinski definition) is 9. The molecule has 5 aliphatic heterocycles. The van der Waals surface area contributed by atoms with Gasteiger partial charge in [-0.15, -0.1) is 0 Å². The fraction of sp³-hybridized carbons (Fsp3) is 0.370. The summed E-state index contributed by atoms with van der Waals surface area (Å²) in [6, 6.07) is 15.8. The summed E-state index contributed by atoms with van der Waals surface area (Å²) in [6.07, 6.45) is 6.68. The number of carbonyl (C=O) groups excluding carboxylic acids is 3. The van der Waals surface area contributed by atoms with Crippen LogP contribution in [-0.2, 0) is 23.8 Å². The van der Waals surface area contributed by atoms with Gasteiger partial charge in [0.05, 0.1) is 40.7 Å². The van der Waals surface area contributed by atoms with Gasteiger partial charge >= 0.3 is 0 Å². The summed E-state index contributed by atoms with van der Waals surface area (Å²) in [5, 5.41) is 38.2. The zero-order valence-corrected chi connectivity index (χ0v) is 39.7. The summed E-state index contributed by atoms with van der Waals surface area (Å²) < 4.78 is 22.3. The van der Waals surface area contributed by atoms with Crippen LogP contribution in [0, 0.1) is 29.5 Å². The van der Waals surface area contributed by atoms with Gasteiger partial charge in [-0.05, 0) is 104 Å². The van der Waals surface area contributed by atoms with Crippen LogP contribution in [0.2, 0.25) is 5.02 Å². The summed E-state index contributed by atoms with van der Waals surface area (Å²) in [5.41, 5.74) is 6.89. The lowest BCUT2D eigenvalue weighted by Gasteiger charge is -2.48. The first-order chi connectivity index (χ1) is 34.0. The van der Waals surface area contributed by atoms with Gasteiger partial charge in [-0.25, -0.2) is 19.3 Å². The Morgan fingerprint density at radius 2 is 1.69 bits per heavy atom. The van der Waals surface area contributed by atoms with Crippen LogP contribution in [0.1, 0.15) is 148 Å². The number of likely N-dealkylation sites (tertiary alicyclic amines) is 1. The number of carbonyl (C=O) groups is 3. The third kappa shape index (κ3) is 7.13. The van der Waals surface area contributed by atoms with Gasteiger partial charge in [-0.1, -0.05) is 59.5 Å². The van der Waals surface area contributed by atoms with Gasteiger partial charge < -0.3 is 45.0 Å². The lowest BCUT2D eigenvalue weighted by molar-refractivity contribution is -0.137. The van der Waals surface area contributed by atoms with Crippen molar-refractivity contribution in [1.82, 2.24) is 38.9 Å². The fourth-order valence-corrected chi connectivity index (χ4v) is 12.1. The highest BCUT2D eigenvalue weighted by Crippen LogP contribution is 2.58. The average molecular weight is 974 g/mol. The van der Waals surface area contributed by atoms with Crippen LogP contribution in [0.15, 0.2) is 67.1 Å². The topological polar surface area (TPSA) is 207 Å². The van der Waals surface area contributed by atoms with E-state index in [1.807, 2.05) is 36.4 Å². The Kier molecular flexibility index (Phi) is 10.3. The van der Waals surface area contributed by atoms with Gasteiger partial charge in [-0.2, -0.15) is 0 Å². The van der Waals surface area contributed by atoms with E-state index in [4.69, 9.17) is 27.3 Å². The Morgan fingerprint density at radius 1 is 0.944 bits per heavy atom.